The summed E-state index contributed by atoms with van der Waals surface area (Å²) in [6, 6.07) is 17.2. The summed E-state index contributed by atoms with van der Waals surface area (Å²) in [5, 5.41) is 12.8. The fraction of sp³-hybridized carbons (Fsp3) is 0.156. The Morgan fingerprint density at radius 2 is 1.78 bits per heavy atom. The van der Waals surface area contributed by atoms with E-state index < -0.39 is 28.4 Å². The summed E-state index contributed by atoms with van der Waals surface area (Å²) < 4.78 is 58.6. The van der Waals surface area contributed by atoms with Crippen molar-refractivity contribution in [1.29, 1.82) is 0 Å². The smallest absolute Gasteiger partial charge is 0.255 e. The Hall–Kier alpha value is -5.27. The number of methoxy groups -OCH3 is 1. The Bertz CT molecular complexity index is 2140. The lowest BCUT2D eigenvalue weighted by Crippen LogP contribution is -2.33. The number of hydrogen-bond donors (Lipinski definition) is 2. The summed E-state index contributed by atoms with van der Waals surface area (Å²) in [5.74, 6) is -0.0744. The summed E-state index contributed by atoms with van der Waals surface area (Å²) in [7, 11) is -0.930. The number of amides is 1. The summed E-state index contributed by atoms with van der Waals surface area (Å²) in [6.07, 6.45) is 2.63. The first-order chi connectivity index (χ1) is 21.6. The number of aliphatic hydroxyl groups is 1. The molecule has 11 nitrogen and oxygen atoms in total. The number of carbonyl (C=O) groups excluding carboxylic acids is 1. The molecular formula is C32H27FN4O7S. The van der Waals surface area contributed by atoms with E-state index in [9.17, 15) is 22.7 Å². The zero-order chi connectivity index (χ0) is 31.9. The van der Waals surface area contributed by atoms with Gasteiger partial charge in [0, 0.05) is 35.8 Å². The second-order valence-corrected chi connectivity index (χ2v) is 12.0. The van der Waals surface area contributed by atoms with E-state index in [-0.39, 0.29) is 35.0 Å². The number of ether oxygens (including phenoxy) is 1. The van der Waals surface area contributed by atoms with Crippen molar-refractivity contribution in [3.05, 3.63) is 84.3 Å². The molecule has 3 aromatic carbocycles. The van der Waals surface area contributed by atoms with Gasteiger partial charge in [0.2, 0.25) is 15.9 Å². The third-order valence-corrected chi connectivity index (χ3v) is 8.42. The average molecular weight is 631 g/mol. The monoisotopic (exact) mass is 630 g/mol. The van der Waals surface area contributed by atoms with Crippen LogP contribution in [0.3, 0.4) is 0 Å². The molecule has 0 saturated heterocycles. The van der Waals surface area contributed by atoms with E-state index in [2.05, 4.69) is 15.3 Å². The third-order valence-electron chi connectivity index (χ3n) is 7.24. The van der Waals surface area contributed by atoms with Crippen molar-refractivity contribution in [1.82, 2.24) is 15.3 Å². The van der Waals surface area contributed by atoms with Crippen LogP contribution in [0.2, 0.25) is 0 Å². The van der Waals surface area contributed by atoms with Crippen LogP contribution in [0, 0.1) is 5.82 Å². The molecule has 1 amide bonds. The van der Waals surface area contributed by atoms with Crippen LogP contribution in [0.15, 0.2) is 81.8 Å². The van der Waals surface area contributed by atoms with Crippen molar-refractivity contribution in [2.24, 2.45) is 0 Å². The highest BCUT2D eigenvalue weighted by Gasteiger charge is 2.28. The standard InChI is InChI=1S/C32H27FN4O7S/c1-34-31(39)28-22-16-21(19-8-11-25(42-2)23(15-19)32-36-30-26(44-32)5-4-12-35-30)24(37(13-14-38)45(3,40)41)17-27(22)43-29(28)18-6-9-20(33)10-7-18/h4-12,15-17,38H,13-14H2,1-3H3,(H,34,39). The fourth-order valence-electron chi connectivity index (χ4n) is 5.21. The number of hydrogen-bond acceptors (Lipinski definition) is 9. The number of rotatable bonds is 9. The molecule has 0 aliphatic rings. The Morgan fingerprint density at radius 1 is 1.02 bits per heavy atom. The zero-order valence-corrected chi connectivity index (χ0v) is 25.2. The van der Waals surface area contributed by atoms with Gasteiger partial charge in [-0.05, 0) is 60.2 Å². The third kappa shape index (κ3) is 5.47. The number of nitrogens with zero attached hydrogens (tertiary/aromatic N) is 3. The summed E-state index contributed by atoms with van der Waals surface area (Å²) in [4.78, 5) is 22.0. The maximum Gasteiger partial charge on any atom is 0.255 e. The van der Waals surface area contributed by atoms with Gasteiger partial charge in [0.15, 0.2) is 11.2 Å². The Labute approximate surface area is 256 Å². The minimum atomic E-state index is -3.91. The van der Waals surface area contributed by atoms with Gasteiger partial charge in [0.25, 0.3) is 5.91 Å². The molecule has 0 aliphatic heterocycles. The number of aliphatic hydroxyl groups excluding tert-OH is 1. The zero-order valence-electron chi connectivity index (χ0n) is 24.4. The van der Waals surface area contributed by atoms with Crippen LogP contribution in [-0.4, -0.2) is 63.0 Å². The molecule has 13 heteroatoms. The first kappa shape index (κ1) is 29.8. The molecule has 0 atom stereocenters. The topological polar surface area (TPSA) is 148 Å². The van der Waals surface area contributed by atoms with Crippen LogP contribution in [0.4, 0.5) is 10.1 Å². The number of aromatic nitrogens is 2. The lowest BCUT2D eigenvalue weighted by Gasteiger charge is -2.24. The summed E-state index contributed by atoms with van der Waals surface area (Å²) >= 11 is 0. The van der Waals surface area contributed by atoms with E-state index in [0.717, 1.165) is 10.6 Å². The number of oxazole rings is 1. The van der Waals surface area contributed by atoms with Crippen molar-refractivity contribution in [2.75, 3.05) is 37.9 Å². The van der Waals surface area contributed by atoms with Gasteiger partial charge in [-0.3, -0.25) is 9.10 Å². The average Bonchev–Trinajstić information content (AvgIpc) is 3.64. The van der Waals surface area contributed by atoms with Crippen molar-refractivity contribution in [3.63, 3.8) is 0 Å². The maximum absolute atomic E-state index is 13.8. The van der Waals surface area contributed by atoms with E-state index in [0.29, 0.717) is 44.6 Å². The van der Waals surface area contributed by atoms with Crippen LogP contribution in [0.5, 0.6) is 5.75 Å². The molecule has 0 saturated carbocycles. The highest BCUT2D eigenvalue weighted by molar-refractivity contribution is 7.92. The Kier molecular flexibility index (Phi) is 7.73. The fourth-order valence-corrected chi connectivity index (χ4v) is 6.13. The summed E-state index contributed by atoms with van der Waals surface area (Å²) in [6.45, 7) is -0.707. The molecule has 0 bridgehead atoms. The van der Waals surface area contributed by atoms with Crippen LogP contribution < -0.4 is 14.4 Å². The number of carbonyl (C=O) groups is 1. The number of pyridine rings is 1. The highest BCUT2D eigenvalue weighted by Crippen LogP contribution is 2.43. The quantitative estimate of drug-likeness (QED) is 0.219. The second-order valence-electron chi connectivity index (χ2n) is 10.1. The number of anilines is 1. The number of furan rings is 1. The molecule has 6 rings (SSSR count). The lowest BCUT2D eigenvalue weighted by atomic mass is 9.97. The van der Waals surface area contributed by atoms with Crippen LogP contribution in [-0.2, 0) is 10.0 Å². The van der Waals surface area contributed by atoms with Gasteiger partial charge < -0.3 is 24.0 Å². The minimum absolute atomic E-state index is 0.176. The maximum atomic E-state index is 13.8. The molecule has 0 radical (unpaired) electrons. The SMILES string of the molecule is CNC(=O)c1c(-c2ccc(F)cc2)oc2cc(N(CCO)S(C)(=O)=O)c(-c3ccc(OC)c(-c4nc5ncccc5o4)c3)cc12. The van der Waals surface area contributed by atoms with Gasteiger partial charge >= 0.3 is 0 Å². The lowest BCUT2D eigenvalue weighted by molar-refractivity contribution is 0.0964. The van der Waals surface area contributed by atoms with E-state index >= 15 is 0 Å². The predicted octanol–water partition coefficient (Wildman–Crippen LogP) is 5.24. The molecule has 0 unspecified atom stereocenters. The number of sulfonamides is 1. The second kappa shape index (κ2) is 11.7. The Morgan fingerprint density at radius 3 is 2.44 bits per heavy atom. The van der Waals surface area contributed by atoms with Gasteiger partial charge in [-0.2, -0.15) is 4.98 Å². The molecule has 3 aromatic heterocycles. The summed E-state index contributed by atoms with van der Waals surface area (Å²) in [5.41, 5.74) is 3.28. The van der Waals surface area contributed by atoms with Crippen molar-refractivity contribution in [2.45, 2.75) is 0 Å². The molecule has 0 spiro atoms. The van der Waals surface area contributed by atoms with E-state index in [1.165, 1.54) is 44.5 Å². The first-order valence-corrected chi connectivity index (χ1v) is 15.5. The van der Waals surface area contributed by atoms with Gasteiger partial charge in [0.1, 0.15) is 22.9 Å². The van der Waals surface area contributed by atoms with Crippen LogP contribution in [0.25, 0.3) is 56.1 Å². The van der Waals surface area contributed by atoms with Gasteiger partial charge in [-0.15, -0.1) is 0 Å². The molecule has 45 heavy (non-hydrogen) atoms. The molecule has 230 valence electrons. The molecule has 3 heterocycles. The normalized spacial score (nSPS) is 11.7. The van der Waals surface area contributed by atoms with Crippen LogP contribution in [0.1, 0.15) is 10.4 Å². The predicted molar refractivity (Wildman–Crippen MR) is 167 cm³/mol. The molecule has 2 N–H and O–H groups in total. The number of benzene rings is 3. The Balaban J connectivity index is 1.66. The highest BCUT2D eigenvalue weighted by atomic mass is 32.2. The van der Waals surface area contributed by atoms with Gasteiger partial charge in [-0.1, -0.05) is 6.07 Å². The first-order valence-electron chi connectivity index (χ1n) is 13.7. The van der Waals surface area contributed by atoms with Crippen molar-refractivity contribution in [3.8, 4) is 39.7 Å². The van der Waals surface area contributed by atoms with Crippen molar-refractivity contribution < 1.29 is 36.3 Å². The van der Waals surface area contributed by atoms with Gasteiger partial charge in [0.05, 0.1) is 43.3 Å². The number of fused-ring (bicyclic) bond motifs is 2. The van der Waals surface area contributed by atoms with Crippen molar-refractivity contribution >= 4 is 43.8 Å². The minimum Gasteiger partial charge on any atom is -0.496 e. The van der Waals surface area contributed by atoms with E-state index in [1.54, 1.807) is 42.6 Å². The molecule has 0 aliphatic carbocycles. The molecular weight excluding hydrogens is 603 g/mol. The van der Waals surface area contributed by atoms with Crippen LogP contribution >= 0.6 is 0 Å². The van der Waals surface area contributed by atoms with E-state index in [4.69, 9.17) is 13.6 Å². The van der Waals surface area contributed by atoms with E-state index in [1.807, 2.05) is 0 Å². The van der Waals surface area contributed by atoms with Gasteiger partial charge in [-0.25, -0.2) is 17.8 Å². The number of nitrogens with one attached hydrogen (secondary N) is 1. The molecule has 0 fully saturated rings. The molecule has 6 aromatic rings. The number of halogens is 1. The largest absolute Gasteiger partial charge is 0.496 e.